The second-order valence-electron chi connectivity index (χ2n) is 5.19. The van der Waals surface area contributed by atoms with Gasteiger partial charge in [-0.3, -0.25) is 9.59 Å². The zero-order valence-corrected chi connectivity index (χ0v) is 11.0. The summed E-state index contributed by atoms with van der Waals surface area (Å²) in [6.45, 7) is 1.87. The van der Waals surface area contributed by atoms with E-state index in [-0.39, 0.29) is 23.8 Å². The summed E-state index contributed by atoms with van der Waals surface area (Å²) in [5, 5.41) is 11.9. The molecule has 2 rings (SSSR count). The van der Waals surface area contributed by atoms with Crippen LogP contribution in [0.1, 0.15) is 37.7 Å². The Labute approximate surface area is 112 Å². The maximum absolute atomic E-state index is 12.1. The van der Waals surface area contributed by atoms with Crippen LogP contribution in [0.25, 0.3) is 0 Å². The van der Waals surface area contributed by atoms with Crippen LogP contribution >= 0.6 is 0 Å². The first-order valence-corrected chi connectivity index (χ1v) is 6.66. The molecule has 0 heterocycles. The van der Waals surface area contributed by atoms with Gasteiger partial charge < -0.3 is 10.4 Å². The summed E-state index contributed by atoms with van der Waals surface area (Å²) >= 11 is 0. The normalized spacial score (nSPS) is 23.8. The summed E-state index contributed by atoms with van der Waals surface area (Å²) in [5.41, 5.74) is 0.979. The number of amides is 1. The first-order chi connectivity index (χ1) is 9.08. The number of hydrogen-bond acceptors (Lipinski definition) is 2. The molecule has 4 heteroatoms. The van der Waals surface area contributed by atoms with Gasteiger partial charge in [0.2, 0.25) is 5.91 Å². The Morgan fingerprint density at radius 2 is 1.95 bits per heavy atom. The molecule has 2 N–H and O–H groups in total. The topological polar surface area (TPSA) is 66.4 Å². The highest BCUT2D eigenvalue weighted by Crippen LogP contribution is 2.26. The molecule has 0 unspecified atom stereocenters. The minimum atomic E-state index is -0.757. The smallest absolute Gasteiger partial charge is 0.306 e. The minimum absolute atomic E-state index is 0.000220. The van der Waals surface area contributed by atoms with Gasteiger partial charge in [-0.05, 0) is 31.7 Å². The van der Waals surface area contributed by atoms with Gasteiger partial charge in [0.05, 0.1) is 11.8 Å². The van der Waals surface area contributed by atoms with Crippen molar-refractivity contribution < 1.29 is 14.7 Å². The number of aliphatic carboxylic acids is 1. The molecule has 1 amide bonds. The minimum Gasteiger partial charge on any atom is -0.481 e. The Bertz CT molecular complexity index is 458. The predicted molar refractivity (Wildman–Crippen MR) is 71.8 cm³/mol. The Morgan fingerprint density at radius 1 is 1.26 bits per heavy atom. The van der Waals surface area contributed by atoms with Crippen LogP contribution in [0.2, 0.25) is 0 Å². The lowest BCUT2D eigenvalue weighted by Gasteiger charge is -2.17. The first kappa shape index (κ1) is 13.6. The van der Waals surface area contributed by atoms with Crippen molar-refractivity contribution in [2.24, 2.45) is 5.92 Å². The average molecular weight is 261 g/mol. The molecule has 0 bridgehead atoms. The van der Waals surface area contributed by atoms with Crippen molar-refractivity contribution in [1.82, 2.24) is 5.32 Å². The van der Waals surface area contributed by atoms with Gasteiger partial charge in [-0.15, -0.1) is 0 Å². The molecule has 1 aliphatic carbocycles. The molecule has 0 saturated heterocycles. The van der Waals surface area contributed by atoms with E-state index in [0.29, 0.717) is 12.8 Å². The van der Waals surface area contributed by atoms with E-state index < -0.39 is 5.97 Å². The first-order valence-electron chi connectivity index (χ1n) is 6.66. The van der Waals surface area contributed by atoms with Crippen molar-refractivity contribution in [2.45, 2.75) is 38.1 Å². The second kappa shape index (κ2) is 5.87. The van der Waals surface area contributed by atoms with E-state index >= 15 is 0 Å². The number of rotatable bonds is 4. The van der Waals surface area contributed by atoms with Gasteiger partial charge in [-0.25, -0.2) is 0 Å². The lowest BCUT2D eigenvalue weighted by Crippen LogP contribution is -2.36. The highest BCUT2D eigenvalue weighted by molar-refractivity contribution is 5.83. The summed E-state index contributed by atoms with van der Waals surface area (Å²) in [5.74, 6) is -1.29. The Kier molecular flexibility index (Phi) is 4.20. The quantitative estimate of drug-likeness (QED) is 0.872. The Balaban J connectivity index is 1.90. The molecule has 1 aliphatic rings. The number of nitrogens with one attached hydrogen (secondary N) is 1. The summed E-state index contributed by atoms with van der Waals surface area (Å²) in [6, 6.07) is 9.60. The van der Waals surface area contributed by atoms with E-state index in [1.54, 1.807) is 0 Å². The molecule has 0 aromatic heterocycles. The van der Waals surface area contributed by atoms with Gasteiger partial charge in [0.25, 0.3) is 0 Å². The molecule has 1 saturated carbocycles. The van der Waals surface area contributed by atoms with Gasteiger partial charge in [-0.1, -0.05) is 30.3 Å². The van der Waals surface area contributed by atoms with Crippen molar-refractivity contribution in [2.75, 3.05) is 0 Å². The molecule has 0 radical (unpaired) electrons. The van der Waals surface area contributed by atoms with Crippen molar-refractivity contribution in [1.29, 1.82) is 0 Å². The number of carbonyl (C=O) groups excluding carboxylic acids is 1. The number of carbonyl (C=O) groups is 2. The number of carboxylic acid groups (broad SMARTS) is 1. The van der Waals surface area contributed by atoms with Crippen LogP contribution < -0.4 is 5.32 Å². The molecule has 1 aromatic carbocycles. The maximum atomic E-state index is 12.1. The van der Waals surface area contributed by atoms with Crippen LogP contribution in [-0.4, -0.2) is 23.0 Å². The second-order valence-corrected chi connectivity index (χ2v) is 5.19. The highest BCUT2D eigenvalue weighted by atomic mass is 16.4. The molecule has 4 nitrogen and oxygen atoms in total. The van der Waals surface area contributed by atoms with Gasteiger partial charge in [0.1, 0.15) is 0 Å². The fraction of sp³-hybridized carbons (Fsp3) is 0.467. The van der Waals surface area contributed by atoms with Crippen LogP contribution in [0.15, 0.2) is 30.3 Å². The van der Waals surface area contributed by atoms with Crippen LogP contribution in [0.4, 0.5) is 0 Å². The molecule has 1 fully saturated rings. The van der Waals surface area contributed by atoms with Crippen molar-refractivity contribution in [3.8, 4) is 0 Å². The molecule has 19 heavy (non-hydrogen) atoms. The van der Waals surface area contributed by atoms with Gasteiger partial charge in [0, 0.05) is 6.04 Å². The van der Waals surface area contributed by atoms with Crippen molar-refractivity contribution >= 4 is 11.9 Å². The van der Waals surface area contributed by atoms with Crippen molar-refractivity contribution in [3.63, 3.8) is 0 Å². The summed E-state index contributed by atoms with van der Waals surface area (Å²) in [6.07, 6.45) is 1.95. The zero-order chi connectivity index (χ0) is 13.8. The third kappa shape index (κ3) is 3.34. The highest BCUT2D eigenvalue weighted by Gasteiger charge is 2.31. The lowest BCUT2D eigenvalue weighted by atomic mass is 10.00. The summed E-state index contributed by atoms with van der Waals surface area (Å²) in [4.78, 5) is 23.0. The van der Waals surface area contributed by atoms with E-state index in [4.69, 9.17) is 5.11 Å². The number of benzene rings is 1. The van der Waals surface area contributed by atoms with E-state index in [1.165, 1.54) is 0 Å². The van der Waals surface area contributed by atoms with Gasteiger partial charge >= 0.3 is 5.97 Å². The maximum Gasteiger partial charge on any atom is 0.306 e. The van der Waals surface area contributed by atoms with E-state index in [9.17, 15) is 9.59 Å². The third-order valence-corrected chi connectivity index (χ3v) is 3.82. The van der Waals surface area contributed by atoms with E-state index in [1.807, 2.05) is 37.3 Å². The third-order valence-electron chi connectivity index (χ3n) is 3.82. The van der Waals surface area contributed by atoms with Crippen molar-refractivity contribution in [3.05, 3.63) is 35.9 Å². The average Bonchev–Trinajstić information content (AvgIpc) is 2.87. The molecule has 102 valence electrons. The molecule has 0 spiro atoms. The monoisotopic (exact) mass is 261 g/mol. The SMILES string of the molecule is C[C@H](C(=O)N[C@@H]1CC[C@H](C(=O)O)C1)c1ccccc1. The number of hydrogen-bond donors (Lipinski definition) is 2. The molecule has 1 aromatic rings. The van der Waals surface area contributed by atoms with Crippen LogP contribution in [0.5, 0.6) is 0 Å². The number of carboxylic acids is 1. The van der Waals surface area contributed by atoms with Crippen LogP contribution in [0.3, 0.4) is 0 Å². The molecular formula is C15H19NO3. The van der Waals surface area contributed by atoms with Gasteiger partial charge in [-0.2, -0.15) is 0 Å². The Morgan fingerprint density at radius 3 is 2.53 bits per heavy atom. The molecule has 0 aliphatic heterocycles. The van der Waals surface area contributed by atoms with E-state index in [0.717, 1.165) is 12.0 Å². The van der Waals surface area contributed by atoms with E-state index in [2.05, 4.69) is 5.32 Å². The lowest BCUT2D eigenvalue weighted by molar-refractivity contribution is -0.141. The van der Waals surface area contributed by atoms with Gasteiger partial charge in [0.15, 0.2) is 0 Å². The molecular weight excluding hydrogens is 242 g/mol. The van der Waals surface area contributed by atoms with Crippen LogP contribution in [0, 0.1) is 5.92 Å². The fourth-order valence-corrected chi connectivity index (χ4v) is 2.56. The summed E-state index contributed by atoms with van der Waals surface area (Å²) in [7, 11) is 0. The predicted octanol–water partition coefficient (Wildman–Crippen LogP) is 2.16. The largest absolute Gasteiger partial charge is 0.481 e. The summed E-state index contributed by atoms with van der Waals surface area (Å²) < 4.78 is 0. The standard InChI is InChI=1S/C15H19NO3/c1-10(11-5-3-2-4-6-11)14(17)16-13-8-7-12(9-13)15(18)19/h2-6,10,12-13H,7-9H2,1H3,(H,16,17)(H,18,19)/t10-,12-,13+/m0/s1. The zero-order valence-electron chi connectivity index (χ0n) is 11.0. The van der Waals surface area contributed by atoms with Crippen LogP contribution in [-0.2, 0) is 9.59 Å². The molecule has 3 atom stereocenters. The fourth-order valence-electron chi connectivity index (χ4n) is 2.56. The Hall–Kier alpha value is -1.84.